The molecule has 1 saturated heterocycles. The standard InChI is InChI=1S/C22H14BrF2NO3S/c1-11-9-12(4-6-14(11)23)20(27)18-19(17-3-2-8-30-17)26(22(29)21(18)28)13-5-7-15(24)16(25)10-13/h2-10,19,27H,1H3/b20-18-. The van der Waals surface area contributed by atoms with E-state index in [0.29, 0.717) is 10.4 Å². The molecule has 8 heteroatoms. The summed E-state index contributed by atoms with van der Waals surface area (Å²) >= 11 is 4.67. The summed E-state index contributed by atoms with van der Waals surface area (Å²) in [6.07, 6.45) is 0. The lowest BCUT2D eigenvalue weighted by Gasteiger charge is -2.24. The van der Waals surface area contributed by atoms with E-state index in [2.05, 4.69) is 15.9 Å². The summed E-state index contributed by atoms with van der Waals surface area (Å²) in [5, 5.41) is 12.8. The Hall–Kier alpha value is -2.84. The highest BCUT2D eigenvalue weighted by Crippen LogP contribution is 2.43. The number of aliphatic hydroxyl groups excluding tert-OH is 1. The third kappa shape index (κ3) is 3.36. The summed E-state index contributed by atoms with van der Waals surface area (Å²) in [4.78, 5) is 27.5. The largest absolute Gasteiger partial charge is 0.507 e. The number of nitrogens with zero attached hydrogens (tertiary/aromatic N) is 1. The molecule has 0 bridgehead atoms. The van der Waals surface area contributed by atoms with Gasteiger partial charge in [-0.25, -0.2) is 8.78 Å². The quantitative estimate of drug-likeness (QED) is 0.290. The number of Topliss-reactive ketones (excluding diaryl/α,β-unsaturated/α-hetero) is 1. The summed E-state index contributed by atoms with van der Waals surface area (Å²) in [5.74, 6) is -4.34. The number of ketones is 1. The molecule has 4 rings (SSSR count). The molecule has 0 aliphatic carbocycles. The maximum Gasteiger partial charge on any atom is 0.300 e. The van der Waals surface area contributed by atoms with E-state index in [1.807, 2.05) is 6.92 Å². The van der Waals surface area contributed by atoms with E-state index >= 15 is 0 Å². The SMILES string of the molecule is Cc1cc(/C(O)=C2/C(=O)C(=O)N(c3ccc(F)c(F)c3)C2c2cccs2)ccc1Br. The van der Waals surface area contributed by atoms with Gasteiger partial charge in [-0.2, -0.15) is 0 Å². The van der Waals surface area contributed by atoms with Gasteiger partial charge < -0.3 is 5.11 Å². The van der Waals surface area contributed by atoms with Crippen molar-refractivity contribution < 1.29 is 23.5 Å². The molecule has 1 aromatic heterocycles. The van der Waals surface area contributed by atoms with E-state index in [9.17, 15) is 23.5 Å². The van der Waals surface area contributed by atoms with E-state index < -0.39 is 29.4 Å². The fourth-order valence-electron chi connectivity index (χ4n) is 3.40. The number of carbonyl (C=O) groups is 2. The molecule has 1 fully saturated rings. The molecule has 0 saturated carbocycles. The second kappa shape index (κ2) is 7.77. The minimum absolute atomic E-state index is 0.0282. The maximum absolute atomic E-state index is 13.9. The molecule has 3 aromatic rings. The van der Waals surface area contributed by atoms with Gasteiger partial charge in [0, 0.05) is 26.7 Å². The number of hydrogen-bond acceptors (Lipinski definition) is 4. The average Bonchev–Trinajstić information content (AvgIpc) is 3.33. The van der Waals surface area contributed by atoms with E-state index in [0.717, 1.165) is 27.1 Å². The van der Waals surface area contributed by atoms with Crippen molar-refractivity contribution in [1.82, 2.24) is 0 Å². The van der Waals surface area contributed by atoms with Crippen LogP contribution in [0.4, 0.5) is 14.5 Å². The number of halogens is 3. The predicted molar refractivity (Wildman–Crippen MR) is 114 cm³/mol. The molecule has 0 radical (unpaired) electrons. The Morgan fingerprint density at radius 3 is 2.50 bits per heavy atom. The third-order valence-corrected chi connectivity index (χ3v) is 6.68. The number of hydrogen-bond donors (Lipinski definition) is 1. The normalized spacial score (nSPS) is 18.3. The van der Waals surface area contributed by atoms with Crippen LogP contribution in [0.3, 0.4) is 0 Å². The number of rotatable bonds is 3. The first-order valence-corrected chi connectivity index (χ1v) is 10.5. The lowest BCUT2D eigenvalue weighted by molar-refractivity contribution is -0.132. The van der Waals surface area contributed by atoms with E-state index in [1.54, 1.807) is 35.7 Å². The van der Waals surface area contributed by atoms with Gasteiger partial charge in [0.15, 0.2) is 11.6 Å². The number of benzene rings is 2. The summed E-state index contributed by atoms with van der Waals surface area (Å²) in [6.45, 7) is 1.83. The van der Waals surface area contributed by atoms with E-state index in [1.165, 1.54) is 17.4 Å². The minimum atomic E-state index is -1.14. The molecule has 30 heavy (non-hydrogen) atoms. The van der Waals surface area contributed by atoms with Gasteiger partial charge in [0.25, 0.3) is 11.7 Å². The molecule has 1 aliphatic heterocycles. The second-order valence-corrected chi connectivity index (χ2v) is 8.58. The zero-order chi connectivity index (χ0) is 21.6. The lowest BCUT2D eigenvalue weighted by Crippen LogP contribution is -2.29. The summed E-state index contributed by atoms with van der Waals surface area (Å²) in [6, 6.07) is 10.5. The molecular formula is C22H14BrF2NO3S. The fraction of sp³-hybridized carbons (Fsp3) is 0.0909. The maximum atomic E-state index is 13.9. The van der Waals surface area contributed by atoms with Crippen LogP contribution in [0.25, 0.3) is 5.76 Å². The predicted octanol–water partition coefficient (Wildman–Crippen LogP) is 5.72. The second-order valence-electron chi connectivity index (χ2n) is 6.75. The van der Waals surface area contributed by atoms with Crippen LogP contribution >= 0.6 is 27.3 Å². The van der Waals surface area contributed by atoms with Gasteiger partial charge in [-0.15, -0.1) is 11.3 Å². The first-order valence-electron chi connectivity index (χ1n) is 8.85. The Bertz CT molecular complexity index is 1210. The minimum Gasteiger partial charge on any atom is -0.507 e. The summed E-state index contributed by atoms with van der Waals surface area (Å²) < 4.78 is 28.1. The number of aliphatic hydroxyl groups is 1. The smallest absolute Gasteiger partial charge is 0.300 e. The number of aryl methyl sites for hydroxylation is 1. The van der Waals surface area contributed by atoms with Crippen LogP contribution in [0, 0.1) is 18.6 Å². The molecule has 1 N–H and O–H groups in total. The lowest BCUT2D eigenvalue weighted by atomic mass is 9.99. The van der Waals surface area contributed by atoms with Crippen molar-refractivity contribution in [2.24, 2.45) is 0 Å². The highest BCUT2D eigenvalue weighted by molar-refractivity contribution is 9.10. The van der Waals surface area contributed by atoms with Gasteiger partial charge in [-0.3, -0.25) is 14.5 Å². The number of thiophene rings is 1. The molecule has 4 nitrogen and oxygen atoms in total. The van der Waals surface area contributed by atoms with Crippen molar-refractivity contribution in [2.75, 3.05) is 4.90 Å². The van der Waals surface area contributed by atoms with Gasteiger partial charge in [-0.05, 0) is 48.2 Å². The molecule has 152 valence electrons. The number of carbonyl (C=O) groups excluding carboxylic acids is 2. The van der Waals surface area contributed by atoms with Crippen molar-refractivity contribution in [3.63, 3.8) is 0 Å². The summed E-state index contributed by atoms with van der Waals surface area (Å²) in [5.41, 5.74) is 1.14. The highest BCUT2D eigenvalue weighted by Gasteiger charge is 2.47. The van der Waals surface area contributed by atoms with Crippen molar-refractivity contribution in [2.45, 2.75) is 13.0 Å². The van der Waals surface area contributed by atoms with Crippen LogP contribution in [0.1, 0.15) is 22.0 Å². The molecule has 1 amide bonds. The van der Waals surface area contributed by atoms with Crippen molar-refractivity contribution in [3.8, 4) is 0 Å². The van der Waals surface area contributed by atoms with Gasteiger partial charge in [0.2, 0.25) is 0 Å². The van der Waals surface area contributed by atoms with Crippen molar-refractivity contribution >= 4 is 50.4 Å². The zero-order valence-electron chi connectivity index (χ0n) is 15.5. The van der Waals surface area contributed by atoms with Crippen LogP contribution in [-0.4, -0.2) is 16.8 Å². The van der Waals surface area contributed by atoms with Crippen molar-refractivity contribution in [3.05, 3.63) is 91.6 Å². The molecule has 1 aliphatic rings. The average molecular weight is 490 g/mol. The topological polar surface area (TPSA) is 57.6 Å². The Kier molecular flexibility index (Phi) is 5.29. The monoisotopic (exact) mass is 489 g/mol. The molecule has 0 spiro atoms. The van der Waals surface area contributed by atoms with Gasteiger partial charge in [-0.1, -0.05) is 28.1 Å². The van der Waals surface area contributed by atoms with Crippen LogP contribution in [-0.2, 0) is 9.59 Å². The van der Waals surface area contributed by atoms with Gasteiger partial charge in [0.1, 0.15) is 11.8 Å². The molecular weight excluding hydrogens is 476 g/mol. The number of anilines is 1. The Morgan fingerprint density at radius 1 is 1.10 bits per heavy atom. The first-order chi connectivity index (χ1) is 14.3. The Morgan fingerprint density at radius 2 is 1.87 bits per heavy atom. The third-order valence-electron chi connectivity index (χ3n) is 4.87. The van der Waals surface area contributed by atoms with Crippen LogP contribution in [0.5, 0.6) is 0 Å². The van der Waals surface area contributed by atoms with Crippen LogP contribution in [0.15, 0.2) is 64.0 Å². The van der Waals surface area contributed by atoms with Crippen LogP contribution < -0.4 is 4.90 Å². The van der Waals surface area contributed by atoms with E-state index in [-0.39, 0.29) is 17.0 Å². The van der Waals surface area contributed by atoms with Crippen LogP contribution in [0.2, 0.25) is 0 Å². The highest BCUT2D eigenvalue weighted by atomic mass is 79.9. The van der Waals surface area contributed by atoms with E-state index in [4.69, 9.17) is 0 Å². The van der Waals surface area contributed by atoms with Gasteiger partial charge in [0.05, 0.1) is 5.57 Å². The zero-order valence-corrected chi connectivity index (χ0v) is 17.9. The Labute approximate surface area is 183 Å². The first kappa shape index (κ1) is 20.4. The Balaban J connectivity index is 1.93. The molecule has 1 atom stereocenters. The fourth-order valence-corrected chi connectivity index (χ4v) is 4.47. The summed E-state index contributed by atoms with van der Waals surface area (Å²) in [7, 11) is 0. The van der Waals surface area contributed by atoms with Crippen molar-refractivity contribution in [1.29, 1.82) is 0 Å². The van der Waals surface area contributed by atoms with Gasteiger partial charge >= 0.3 is 0 Å². The molecule has 2 aromatic carbocycles. The molecule has 2 heterocycles. The number of amides is 1. The molecule has 1 unspecified atom stereocenters.